The van der Waals surface area contributed by atoms with E-state index < -0.39 is 35.5 Å². The number of anilines is 1. The van der Waals surface area contributed by atoms with E-state index >= 15 is 0 Å². The summed E-state index contributed by atoms with van der Waals surface area (Å²) in [5.74, 6) is -2.83. The van der Waals surface area contributed by atoms with Crippen molar-refractivity contribution in [1.29, 1.82) is 0 Å². The Morgan fingerprint density at radius 2 is 1.87 bits per heavy atom. The summed E-state index contributed by atoms with van der Waals surface area (Å²) >= 11 is 0. The molecular weight excluding hydrogens is 519 g/mol. The molecule has 0 aromatic carbocycles. The van der Waals surface area contributed by atoms with E-state index in [2.05, 4.69) is 15.4 Å². The Morgan fingerprint density at radius 3 is 2.49 bits per heavy atom. The van der Waals surface area contributed by atoms with Crippen LogP contribution in [0.2, 0.25) is 0 Å². The topological polar surface area (TPSA) is 122 Å². The molecule has 3 amide bonds. The average Bonchev–Trinajstić information content (AvgIpc) is 3.50. The maximum atomic E-state index is 13.4. The molecule has 11 nitrogen and oxygen atoms in total. The first-order chi connectivity index (χ1) is 18.5. The molecule has 0 unspecified atom stereocenters. The van der Waals surface area contributed by atoms with E-state index in [1.165, 1.54) is 15.5 Å². The van der Waals surface area contributed by atoms with Gasteiger partial charge in [-0.2, -0.15) is 18.4 Å². The lowest BCUT2D eigenvalue weighted by Crippen LogP contribution is -2.41. The minimum absolute atomic E-state index is 0.0606. The number of fused-ring (bicyclic) bond motifs is 2. The molecule has 0 radical (unpaired) electrons. The molecule has 0 bridgehead atoms. The molecule has 14 heteroatoms. The Bertz CT molecular complexity index is 1510. The van der Waals surface area contributed by atoms with Crippen molar-refractivity contribution in [3.8, 4) is 0 Å². The zero-order chi connectivity index (χ0) is 28.0. The van der Waals surface area contributed by atoms with E-state index in [1.807, 2.05) is 13.8 Å². The van der Waals surface area contributed by atoms with Gasteiger partial charge in [-0.05, 0) is 38.8 Å². The van der Waals surface area contributed by atoms with Gasteiger partial charge in [-0.25, -0.2) is 9.37 Å². The first-order valence-electron chi connectivity index (χ1n) is 12.5. The summed E-state index contributed by atoms with van der Waals surface area (Å²) in [5, 5.41) is 7.05. The zero-order valence-electron chi connectivity index (χ0n) is 21.2. The monoisotopic (exact) mass is 545 g/mol. The van der Waals surface area contributed by atoms with E-state index in [0.29, 0.717) is 18.5 Å². The van der Waals surface area contributed by atoms with Gasteiger partial charge in [-0.3, -0.25) is 19.2 Å². The highest BCUT2D eigenvalue weighted by atomic mass is 19.3. The molecule has 2 aliphatic rings. The largest absolute Gasteiger partial charge is 0.338 e. The van der Waals surface area contributed by atoms with E-state index in [-0.39, 0.29) is 60.9 Å². The number of alkyl halides is 2. The van der Waals surface area contributed by atoms with Crippen molar-refractivity contribution in [2.24, 2.45) is 0 Å². The van der Waals surface area contributed by atoms with Crippen molar-refractivity contribution < 1.29 is 27.6 Å². The Hall–Kier alpha value is -4.23. The molecule has 3 aromatic heterocycles. The van der Waals surface area contributed by atoms with Gasteiger partial charge in [-0.15, -0.1) is 0 Å². The molecule has 5 rings (SSSR count). The number of aromatic nitrogens is 4. The number of carbonyl (C=O) groups excluding carboxylic acids is 3. The molecule has 1 N–H and O–H groups in total. The van der Waals surface area contributed by atoms with Crippen LogP contribution in [-0.4, -0.2) is 72.2 Å². The molecule has 0 atom stereocenters. The number of hydrogen-bond donors (Lipinski definition) is 1. The van der Waals surface area contributed by atoms with Crippen LogP contribution in [0.5, 0.6) is 0 Å². The van der Waals surface area contributed by atoms with Crippen molar-refractivity contribution in [3.63, 3.8) is 0 Å². The summed E-state index contributed by atoms with van der Waals surface area (Å²) < 4.78 is 41.4. The number of halogens is 3. The van der Waals surface area contributed by atoms with Crippen LogP contribution in [0.4, 0.5) is 19.0 Å². The second kappa shape index (κ2) is 10.2. The fourth-order valence-electron chi connectivity index (χ4n) is 5.09. The third-order valence-electron chi connectivity index (χ3n) is 7.12. The van der Waals surface area contributed by atoms with Gasteiger partial charge < -0.3 is 19.7 Å². The number of carbonyl (C=O) groups is 3. The molecule has 1 fully saturated rings. The van der Waals surface area contributed by atoms with Crippen LogP contribution in [-0.2, 0) is 22.7 Å². The van der Waals surface area contributed by atoms with Crippen LogP contribution in [0.25, 0.3) is 5.65 Å². The Labute approximate surface area is 220 Å². The zero-order valence-corrected chi connectivity index (χ0v) is 21.2. The second-order valence-electron chi connectivity index (χ2n) is 9.89. The molecule has 5 heterocycles. The van der Waals surface area contributed by atoms with Gasteiger partial charge in [0.1, 0.15) is 29.5 Å². The molecule has 3 aromatic rings. The summed E-state index contributed by atoms with van der Waals surface area (Å²) in [6.45, 7) is 3.59. The predicted octanol–water partition coefficient (Wildman–Crippen LogP) is 2.00. The van der Waals surface area contributed by atoms with Crippen LogP contribution in [0.3, 0.4) is 0 Å². The number of nitrogens with one attached hydrogen (secondary N) is 1. The third kappa shape index (κ3) is 4.86. The van der Waals surface area contributed by atoms with E-state index in [0.717, 1.165) is 21.7 Å². The number of likely N-dealkylation sites (tertiary alicyclic amines) is 1. The highest BCUT2D eigenvalue weighted by Crippen LogP contribution is 2.30. The molecular formula is C25H26F3N7O4. The van der Waals surface area contributed by atoms with Gasteiger partial charge in [0.2, 0.25) is 5.91 Å². The molecule has 0 saturated carbocycles. The fraction of sp³-hybridized carbons (Fsp3) is 0.440. The maximum Gasteiger partial charge on any atom is 0.315 e. The summed E-state index contributed by atoms with van der Waals surface area (Å²) in [7, 11) is 0. The van der Waals surface area contributed by atoms with Crippen molar-refractivity contribution >= 4 is 29.2 Å². The van der Waals surface area contributed by atoms with Crippen molar-refractivity contribution in [2.75, 3.05) is 18.4 Å². The van der Waals surface area contributed by atoms with Gasteiger partial charge in [0.15, 0.2) is 0 Å². The normalized spacial score (nSPS) is 16.0. The highest BCUT2D eigenvalue weighted by molar-refractivity contribution is 5.98. The summed E-state index contributed by atoms with van der Waals surface area (Å²) in [6, 6.07) is 3.86. The summed E-state index contributed by atoms with van der Waals surface area (Å²) in [4.78, 5) is 57.9. The van der Waals surface area contributed by atoms with Gasteiger partial charge in [0.05, 0.1) is 24.0 Å². The third-order valence-corrected chi connectivity index (χ3v) is 7.12. The van der Waals surface area contributed by atoms with Crippen molar-refractivity contribution in [1.82, 2.24) is 29.0 Å². The van der Waals surface area contributed by atoms with E-state index in [9.17, 15) is 32.3 Å². The standard InChI is InChI=1S/C25H26F3N7O4/c1-13(2)33-11-16-21(24(33)38)34(12-19(36)30-18-4-3-15(26)10-29-18)20-9-17(31-35(20)23(16)37)14-5-7-32(8-6-14)25(39)22(27)28/h3-4,9-10,13-14,22H,5-8,11-12H2,1-2H3,(H,29,30,36). The molecule has 39 heavy (non-hydrogen) atoms. The van der Waals surface area contributed by atoms with Crippen LogP contribution in [0.1, 0.15) is 54.4 Å². The van der Waals surface area contributed by atoms with Crippen LogP contribution in [0.15, 0.2) is 29.2 Å². The first-order valence-corrected chi connectivity index (χ1v) is 12.5. The molecule has 0 aliphatic carbocycles. The Balaban J connectivity index is 1.51. The van der Waals surface area contributed by atoms with Crippen molar-refractivity contribution in [2.45, 2.75) is 58.2 Å². The second-order valence-corrected chi connectivity index (χ2v) is 9.89. The smallest absolute Gasteiger partial charge is 0.315 e. The fourth-order valence-corrected chi connectivity index (χ4v) is 5.09. The summed E-state index contributed by atoms with van der Waals surface area (Å²) in [5.41, 5.74) is 0.543. The first kappa shape index (κ1) is 26.4. The molecule has 0 spiro atoms. The van der Waals surface area contributed by atoms with E-state index in [4.69, 9.17) is 0 Å². The summed E-state index contributed by atoms with van der Waals surface area (Å²) in [6.07, 6.45) is -1.38. The molecule has 1 saturated heterocycles. The van der Waals surface area contributed by atoms with Gasteiger partial charge in [0.25, 0.3) is 17.4 Å². The van der Waals surface area contributed by atoms with Gasteiger partial charge in [-0.1, -0.05) is 0 Å². The van der Waals surface area contributed by atoms with Crippen molar-refractivity contribution in [3.05, 3.63) is 57.5 Å². The lowest BCUT2D eigenvalue weighted by Gasteiger charge is -2.30. The van der Waals surface area contributed by atoms with E-state index in [1.54, 1.807) is 6.07 Å². The molecule has 2 aliphatic heterocycles. The number of rotatable bonds is 6. The van der Waals surface area contributed by atoms with Gasteiger partial charge in [0, 0.05) is 31.1 Å². The lowest BCUT2D eigenvalue weighted by atomic mass is 9.93. The molecule has 206 valence electrons. The lowest BCUT2D eigenvalue weighted by molar-refractivity contribution is -0.143. The maximum absolute atomic E-state index is 13.4. The van der Waals surface area contributed by atoms with Crippen LogP contribution < -0.4 is 10.9 Å². The SMILES string of the molecule is CC(C)N1Cc2c(n(CC(=O)Nc3ccc(F)cn3)c3cc(C4CCN(C(=O)C(F)F)CC4)nn3c2=O)C1=O. The highest BCUT2D eigenvalue weighted by Gasteiger charge is 2.37. The minimum Gasteiger partial charge on any atom is -0.338 e. The Morgan fingerprint density at radius 1 is 1.15 bits per heavy atom. The number of amides is 3. The minimum atomic E-state index is -3.07. The van der Waals surface area contributed by atoms with Crippen LogP contribution >= 0.6 is 0 Å². The number of nitrogens with zero attached hydrogens (tertiary/aromatic N) is 6. The van der Waals surface area contributed by atoms with Gasteiger partial charge >= 0.3 is 6.43 Å². The Kier molecular flexibility index (Phi) is 6.87. The number of pyridine rings is 1. The average molecular weight is 546 g/mol. The predicted molar refractivity (Wildman–Crippen MR) is 132 cm³/mol. The van der Waals surface area contributed by atoms with Crippen LogP contribution in [0, 0.1) is 5.82 Å². The number of hydrogen-bond acceptors (Lipinski definition) is 6. The quantitative estimate of drug-likeness (QED) is 0.506. The number of piperidine rings is 1.